The zero-order chi connectivity index (χ0) is 25.9. The van der Waals surface area contributed by atoms with Crippen LogP contribution in [0.2, 0.25) is 0 Å². The minimum absolute atomic E-state index is 0.0142. The Kier molecular flexibility index (Phi) is 4.05. The number of aliphatic hydroxyl groups is 1. The largest absolute Gasteiger partial charge is 0.456 e. The summed E-state index contributed by atoms with van der Waals surface area (Å²) in [7, 11) is 0. The van der Waals surface area contributed by atoms with Gasteiger partial charge in [-0.3, -0.25) is 9.59 Å². The maximum atomic E-state index is 14.3. The molecule has 0 amide bonds. The molecule has 0 bridgehead atoms. The van der Waals surface area contributed by atoms with Crippen molar-refractivity contribution >= 4 is 17.7 Å². The van der Waals surface area contributed by atoms with Crippen molar-refractivity contribution in [3.05, 3.63) is 11.6 Å². The van der Waals surface area contributed by atoms with Crippen molar-refractivity contribution in [2.75, 3.05) is 0 Å². The molecule has 5 aliphatic heterocycles. The van der Waals surface area contributed by atoms with Gasteiger partial charge in [0.1, 0.15) is 29.5 Å². The predicted octanol–water partition coefficient (Wildman–Crippen LogP) is 1.77. The molecule has 37 heavy (non-hydrogen) atoms. The normalized spacial score (nSPS) is 58.3. The van der Waals surface area contributed by atoms with Crippen LogP contribution >= 0.6 is 0 Å². The zero-order valence-electron chi connectivity index (χ0n) is 21.7. The lowest BCUT2D eigenvalue weighted by atomic mass is 9.57. The summed E-state index contributed by atoms with van der Waals surface area (Å²) in [4.78, 5) is 38.9. The third-order valence-corrected chi connectivity index (χ3v) is 11.6. The molecule has 5 heterocycles. The summed E-state index contributed by atoms with van der Waals surface area (Å²) in [5.74, 6) is -1.32. The highest BCUT2D eigenvalue weighted by Crippen LogP contribution is 2.75. The zero-order valence-corrected chi connectivity index (χ0v) is 21.7. The van der Waals surface area contributed by atoms with Crippen LogP contribution in [-0.4, -0.2) is 75.2 Å². The first-order valence-electron chi connectivity index (χ1n) is 13.8. The highest BCUT2D eigenvalue weighted by atomic mass is 16.7. The Balaban J connectivity index is 1.20. The van der Waals surface area contributed by atoms with E-state index in [-0.39, 0.29) is 66.8 Å². The smallest absolute Gasteiger partial charge is 0.334 e. The number of hydrogen-bond donors (Lipinski definition) is 1. The van der Waals surface area contributed by atoms with Crippen LogP contribution in [0.4, 0.5) is 0 Å². The lowest BCUT2D eigenvalue weighted by Crippen LogP contribution is -2.69. The van der Waals surface area contributed by atoms with E-state index in [1.807, 2.05) is 13.8 Å². The molecular formula is C28H34O9. The maximum absolute atomic E-state index is 14.3. The Morgan fingerprint density at radius 3 is 2.51 bits per heavy atom. The molecular weight excluding hydrogens is 480 g/mol. The molecule has 1 N–H and O–H groups in total. The topological polar surface area (TPSA) is 121 Å². The Bertz CT molecular complexity index is 1190. The van der Waals surface area contributed by atoms with Crippen molar-refractivity contribution in [2.45, 2.75) is 119 Å². The summed E-state index contributed by atoms with van der Waals surface area (Å²) >= 11 is 0. The van der Waals surface area contributed by atoms with Crippen molar-refractivity contribution in [1.29, 1.82) is 0 Å². The molecule has 12 atom stereocenters. The number of hydrogen-bond acceptors (Lipinski definition) is 9. The fourth-order valence-electron chi connectivity index (χ4n) is 10.3. The number of carbonyl (C=O) groups excluding carboxylic acids is 3. The average molecular weight is 515 g/mol. The van der Waals surface area contributed by atoms with Crippen LogP contribution in [0.1, 0.15) is 66.2 Å². The number of carbonyl (C=O) groups is 3. The number of cyclic esters (lactones) is 1. The van der Waals surface area contributed by atoms with Gasteiger partial charge in [0.15, 0.2) is 11.4 Å². The van der Waals surface area contributed by atoms with Crippen LogP contribution < -0.4 is 0 Å². The van der Waals surface area contributed by atoms with Gasteiger partial charge in [0, 0.05) is 36.2 Å². The number of epoxide rings is 1. The van der Waals surface area contributed by atoms with Crippen molar-refractivity contribution in [3.8, 4) is 0 Å². The molecule has 8 rings (SSSR count). The van der Waals surface area contributed by atoms with Crippen LogP contribution in [0.15, 0.2) is 11.6 Å². The molecule has 7 fully saturated rings. The monoisotopic (exact) mass is 514 g/mol. The van der Waals surface area contributed by atoms with Gasteiger partial charge < -0.3 is 28.8 Å². The van der Waals surface area contributed by atoms with Crippen LogP contribution in [0.25, 0.3) is 0 Å². The fourth-order valence-corrected chi connectivity index (χ4v) is 10.3. The molecule has 0 aromatic heterocycles. The van der Waals surface area contributed by atoms with E-state index in [1.54, 1.807) is 13.0 Å². The standard InChI is InChI=1S/C28H34O9/c1-12-7-15(33-23(12)31)22-13(2)14-8-20-28(35-20)17-6-5-16-24(3,4)34-19-9-21(30)36-26(16,19)11-25(17,32)10-18(29)27(14,28)37-22/h7,13-17,19-20,22,32H,5-6,8-11H2,1-4H3/t13-,14+,15-,16-,17+,19+,20-,22-,25-,26+,27+,28-/m0/s1. The quantitative estimate of drug-likeness (QED) is 0.412. The number of fused-ring (bicyclic) bond motifs is 1. The Labute approximate surface area is 215 Å². The second kappa shape index (κ2) is 6.49. The third kappa shape index (κ3) is 2.41. The third-order valence-electron chi connectivity index (χ3n) is 11.6. The second-order valence-electron chi connectivity index (χ2n) is 13.5. The van der Waals surface area contributed by atoms with Gasteiger partial charge in [0.25, 0.3) is 0 Å². The predicted molar refractivity (Wildman–Crippen MR) is 124 cm³/mol. The Morgan fingerprint density at radius 1 is 1.03 bits per heavy atom. The van der Waals surface area contributed by atoms with Crippen LogP contribution in [-0.2, 0) is 38.1 Å². The molecule has 3 spiro atoms. The van der Waals surface area contributed by atoms with Gasteiger partial charge in [0.2, 0.25) is 0 Å². The number of Topliss-reactive ketones (excluding diaryl/α,β-unsaturated/α-hetero) is 1. The molecule has 0 aromatic carbocycles. The maximum Gasteiger partial charge on any atom is 0.334 e. The summed E-state index contributed by atoms with van der Waals surface area (Å²) in [6.07, 6.45) is 2.48. The molecule has 8 aliphatic rings. The van der Waals surface area contributed by atoms with Crippen molar-refractivity contribution in [1.82, 2.24) is 0 Å². The molecule has 4 saturated heterocycles. The van der Waals surface area contributed by atoms with E-state index in [1.165, 1.54) is 0 Å². The molecule has 3 saturated carbocycles. The van der Waals surface area contributed by atoms with Gasteiger partial charge in [-0.15, -0.1) is 0 Å². The Hall–Kier alpha value is -1.81. The summed E-state index contributed by atoms with van der Waals surface area (Å²) in [6.45, 7) is 7.86. The first kappa shape index (κ1) is 23.1. The minimum atomic E-state index is -1.39. The molecule has 0 radical (unpaired) electrons. The number of esters is 2. The van der Waals surface area contributed by atoms with Crippen molar-refractivity contribution < 1.29 is 43.2 Å². The molecule has 200 valence electrons. The summed E-state index contributed by atoms with van der Waals surface area (Å²) in [6, 6.07) is 0. The molecule has 9 heteroatoms. The number of ether oxygens (including phenoxy) is 5. The highest BCUT2D eigenvalue weighted by molar-refractivity contribution is 5.94. The van der Waals surface area contributed by atoms with E-state index in [4.69, 9.17) is 23.7 Å². The summed E-state index contributed by atoms with van der Waals surface area (Å²) < 4.78 is 31.2. The average Bonchev–Trinajstić information content (AvgIpc) is 2.94. The van der Waals surface area contributed by atoms with E-state index in [0.29, 0.717) is 24.8 Å². The van der Waals surface area contributed by atoms with Crippen LogP contribution in [0, 0.1) is 23.7 Å². The lowest BCUT2D eigenvalue weighted by Gasteiger charge is -2.51. The fraction of sp³-hybridized carbons (Fsp3) is 0.821. The first-order valence-corrected chi connectivity index (χ1v) is 13.8. The van der Waals surface area contributed by atoms with Gasteiger partial charge >= 0.3 is 11.9 Å². The first-order chi connectivity index (χ1) is 17.4. The van der Waals surface area contributed by atoms with Gasteiger partial charge in [-0.05, 0) is 52.0 Å². The van der Waals surface area contributed by atoms with Gasteiger partial charge in [-0.2, -0.15) is 0 Å². The minimum Gasteiger partial charge on any atom is -0.456 e. The SMILES string of the molecule is CC1=C[C@@H]([C@H]2O[C@]34C(=O)C[C@]5(O)C[C@]67OC(=O)C[C@H]6OC(C)(C)[C@@H]7CC[C@H]5[C@@]35O[C@H]5C[C@@H]4[C@@H]2C)OC1=O. The molecule has 9 nitrogen and oxygen atoms in total. The van der Waals surface area contributed by atoms with E-state index < -0.39 is 46.3 Å². The molecule has 0 aromatic rings. The number of rotatable bonds is 1. The highest BCUT2D eigenvalue weighted by Gasteiger charge is 2.90. The van der Waals surface area contributed by atoms with E-state index in [0.717, 1.165) is 0 Å². The lowest BCUT2D eigenvalue weighted by molar-refractivity contribution is -0.211. The van der Waals surface area contributed by atoms with Gasteiger partial charge in [0.05, 0.1) is 23.7 Å². The van der Waals surface area contributed by atoms with Crippen molar-refractivity contribution in [3.63, 3.8) is 0 Å². The molecule has 3 aliphatic carbocycles. The van der Waals surface area contributed by atoms with Crippen molar-refractivity contribution in [2.24, 2.45) is 23.7 Å². The van der Waals surface area contributed by atoms with Crippen LogP contribution in [0.3, 0.4) is 0 Å². The van der Waals surface area contributed by atoms with Gasteiger partial charge in [-0.25, -0.2) is 4.79 Å². The summed E-state index contributed by atoms with van der Waals surface area (Å²) in [5, 5.41) is 12.4. The number of ketones is 1. The van der Waals surface area contributed by atoms with Gasteiger partial charge in [-0.1, -0.05) is 6.92 Å². The summed E-state index contributed by atoms with van der Waals surface area (Å²) in [5.41, 5.74) is -4.38. The second-order valence-corrected chi connectivity index (χ2v) is 13.5. The van der Waals surface area contributed by atoms with E-state index >= 15 is 0 Å². The van der Waals surface area contributed by atoms with E-state index in [9.17, 15) is 19.5 Å². The molecule has 0 unspecified atom stereocenters. The van der Waals surface area contributed by atoms with E-state index in [2.05, 4.69) is 6.92 Å². The Morgan fingerprint density at radius 2 is 1.78 bits per heavy atom. The van der Waals surface area contributed by atoms with Crippen LogP contribution in [0.5, 0.6) is 0 Å².